The largest absolute Gasteiger partial charge is 0.352 e. The first kappa shape index (κ1) is 19.0. The van der Waals surface area contributed by atoms with Gasteiger partial charge < -0.3 is 10.6 Å². The highest BCUT2D eigenvalue weighted by Gasteiger charge is 2.20. The number of nitrogens with one attached hydrogen (secondary N) is 2. The van der Waals surface area contributed by atoms with Crippen molar-refractivity contribution in [2.24, 2.45) is 4.99 Å². The lowest BCUT2D eigenvalue weighted by Crippen LogP contribution is -2.36. The molecule has 0 saturated heterocycles. The molecule has 0 radical (unpaired) electrons. The smallest absolute Gasteiger partial charge is 0.242 e. The molecule has 2 aromatic carbocycles. The molecule has 0 aliphatic carbocycles. The van der Waals surface area contributed by atoms with Crippen molar-refractivity contribution in [3.05, 3.63) is 65.7 Å². The molecule has 25 heavy (non-hydrogen) atoms. The van der Waals surface area contributed by atoms with Crippen LogP contribution >= 0.6 is 0 Å². The zero-order valence-electron chi connectivity index (χ0n) is 14.7. The van der Waals surface area contributed by atoms with Crippen LogP contribution in [0.4, 0.5) is 0 Å². The fourth-order valence-electron chi connectivity index (χ4n) is 2.28. The summed E-state index contributed by atoms with van der Waals surface area (Å²) < 4.78 is 26.1. The molecule has 0 aromatic heterocycles. The summed E-state index contributed by atoms with van der Waals surface area (Å²) in [6.45, 7) is 0.996. The van der Waals surface area contributed by atoms with E-state index in [0.29, 0.717) is 29.5 Å². The second-order valence-corrected chi connectivity index (χ2v) is 7.78. The molecule has 0 saturated carbocycles. The number of guanidine groups is 1. The molecule has 0 bridgehead atoms. The number of aliphatic imine (C=N–C) groups is 1. The van der Waals surface area contributed by atoms with Gasteiger partial charge in [0.05, 0.1) is 4.90 Å². The van der Waals surface area contributed by atoms with E-state index in [0.717, 1.165) is 5.56 Å². The van der Waals surface area contributed by atoms with Gasteiger partial charge in [-0.25, -0.2) is 12.7 Å². The third-order valence-electron chi connectivity index (χ3n) is 3.70. The van der Waals surface area contributed by atoms with Crippen LogP contribution in [0.3, 0.4) is 0 Å². The van der Waals surface area contributed by atoms with E-state index in [2.05, 4.69) is 15.6 Å². The van der Waals surface area contributed by atoms with Crippen molar-refractivity contribution >= 4 is 16.0 Å². The summed E-state index contributed by atoms with van der Waals surface area (Å²) in [6, 6.07) is 17.0. The maximum Gasteiger partial charge on any atom is 0.242 e. The van der Waals surface area contributed by atoms with Crippen molar-refractivity contribution in [3.8, 4) is 0 Å². The maximum atomic E-state index is 12.4. The van der Waals surface area contributed by atoms with Crippen molar-refractivity contribution in [1.29, 1.82) is 0 Å². The van der Waals surface area contributed by atoms with Gasteiger partial charge in [-0.3, -0.25) is 4.99 Å². The van der Waals surface area contributed by atoms with Gasteiger partial charge in [-0.05, 0) is 17.2 Å². The maximum absolute atomic E-state index is 12.4. The minimum absolute atomic E-state index is 0.297. The van der Waals surface area contributed by atoms with Gasteiger partial charge in [0, 0.05) is 34.2 Å². The van der Waals surface area contributed by atoms with Crippen LogP contribution in [0.25, 0.3) is 0 Å². The number of benzene rings is 2. The Bertz CT molecular complexity index is 818. The summed E-state index contributed by atoms with van der Waals surface area (Å²) in [7, 11) is 1.25. The third-order valence-corrected chi connectivity index (χ3v) is 5.62. The lowest BCUT2D eigenvalue weighted by Gasteiger charge is -2.17. The summed E-state index contributed by atoms with van der Waals surface area (Å²) in [5.41, 5.74) is 1.83. The third kappa shape index (κ3) is 5.04. The highest BCUT2D eigenvalue weighted by atomic mass is 32.2. The lowest BCUT2D eigenvalue weighted by molar-refractivity contribution is 0.519. The van der Waals surface area contributed by atoms with Crippen LogP contribution in [0.2, 0.25) is 0 Å². The molecule has 2 N–H and O–H groups in total. The Morgan fingerprint density at radius 1 is 0.960 bits per heavy atom. The zero-order chi connectivity index (χ0) is 18.3. The van der Waals surface area contributed by atoms with Gasteiger partial charge >= 0.3 is 0 Å². The predicted molar refractivity (Wildman–Crippen MR) is 101 cm³/mol. The normalized spacial score (nSPS) is 12.2. The molecule has 0 unspecified atom stereocenters. The molecule has 0 aliphatic rings. The minimum Gasteiger partial charge on any atom is -0.352 e. The van der Waals surface area contributed by atoms with Gasteiger partial charge in [-0.15, -0.1) is 0 Å². The van der Waals surface area contributed by atoms with Crippen molar-refractivity contribution in [3.63, 3.8) is 0 Å². The van der Waals surface area contributed by atoms with Gasteiger partial charge in [0.25, 0.3) is 0 Å². The van der Waals surface area contributed by atoms with E-state index < -0.39 is 10.0 Å². The number of hydrogen-bond acceptors (Lipinski definition) is 3. The van der Waals surface area contributed by atoms with E-state index in [-0.39, 0.29) is 0 Å². The van der Waals surface area contributed by atoms with Crippen LogP contribution in [-0.4, -0.2) is 39.8 Å². The van der Waals surface area contributed by atoms with Crippen LogP contribution in [0, 0.1) is 0 Å². The van der Waals surface area contributed by atoms with Gasteiger partial charge in [0.2, 0.25) is 10.0 Å². The standard InChI is InChI=1S/C18H24N4O2S/c1-19-18(20-13-15-9-5-4-6-10-15)21-14-16-11-7-8-12-17(16)25(23,24)22(2)3/h4-12H,13-14H2,1-3H3,(H2,19,20,21). The van der Waals surface area contributed by atoms with Crippen LogP contribution in [-0.2, 0) is 23.1 Å². The van der Waals surface area contributed by atoms with Gasteiger partial charge in [0.1, 0.15) is 0 Å². The van der Waals surface area contributed by atoms with E-state index >= 15 is 0 Å². The van der Waals surface area contributed by atoms with E-state index in [4.69, 9.17) is 0 Å². The van der Waals surface area contributed by atoms with Gasteiger partial charge in [0.15, 0.2) is 5.96 Å². The van der Waals surface area contributed by atoms with Crippen LogP contribution in [0.5, 0.6) is 0 Å². The summed E-state index contributed by atoms with van der Waals surface area (Å²) in [6.07, 6.45) is 0. The number of hydrogen-bond donors (Lipinski definition) is 2. The molecular formula is C18H24N4O2S. The average molecular weight is 360 g/mol. The minimum atomic E-state index is -3.48. The molecule has 0 heterocycles. The fraction of sp³-hybridized carbons (Fsp3) is 0.278. The fourth-order valence-corrected chi connectivity index (χ4v) is 3.39. The molecule has 7 heteroatoms. The molecular weight excluding hydrogens is 336 g/mol. The highest BCUT2D eigenvalue weighted by molar-refractivity contribution is 7.89. The molecule has 0 aliphatic heterocycles. The van der Waals surface area contributed by atoms with Gasteiger partial charge in [-0.2, -0.15) is 0 Å². The van der Waals surface area contributed by atoms with Crippen molar-refractivity contribution in [2.75, 3.05) is 21.1 Å². The second kappa shape index (κ2) is 8.64. The zero-order valence-corrected chi connectivity index (χ0v) is 15.5. The molecule has 0 fully saturated rings. The Balaban J connectivity index is 2.05. The molecule has 2 aromatic rings. The Labute approximate surface area is 149 Å². The molecule has 6 nitrogen and oxygen atoms in total. The van der Waals surface area contributed by atoms with E-state index in [1.54, 1.807) is 25.2 Å². The van der Waals surface area contributed by atoms with Crippen LogP contribution in [0.1, 0.15) is 11.1 Å². The molecule has 0 spiro atoms. The van der Waals surface area contributed by atoms with Crippen LogP contribution < -0.4 is 10.6 Å². The van der Waals surface area contributed by atoms with Gasteiger partial charge in [-0.1, -0.05) is 48.5 Å². The topological polar surface area (TPSA) is 73.8 Å². The molecule has 0 atom stereocenters. The Hall–Kier alpha value is -2.38. The Kier molecular flexibility index (Phi) is 6.55. The second-order valence-electron chi connectivity index (χ2n) is 5.66. The summed E-state index contributed by atoms with van der Waals surface area (Å²) >= 11 is 0. The summed E-state index contributed by atoms with van der Waals surface area (Å²) in [5.74, 6) is 0.612. The highest BCUT2D eigenvalue weighted by Crippen LogP contribution is 2.18. The molecule has 2 rings (SSSR count). The lowest BCUT2D eigenvalue weighted by atomic mass is 10.2. The predicted octanol–water partition coefficient (Wildman–Crippen LogP) is 1.80. The molecule has 134 valence electrons. The average Bonchev–Trinajstić information content (AvgIpc) is 2.63. The summed E-state index contributed by atoms with van der Waals surface area (Å²) in [4.78, 5) is 4.48. The van der Waals surface area contributed by atoms with E-state index in [1.807, 2.05) is 36.4 Å². The SMILES string of the molecule is CN=C(NCc1ccccc1)NCc1ccccc1S(=O)(=O)N(C)C. The summed E-state index contributed by atoms with van der Waals surface area (Å²) in [5, 5.41) is 6.38. The van der Waals surface area contributed by atoms with E-state index in [1.165, 1.54) is 18.4 Å². The van der Waals surface area contributed by atoms with Crippen molar-refractivity contribution in [2.45, 2.75) is 18.0 Å². The van der Waals surface area contributed by atoms with Crippen molar-refractivity contribution < 1.29 is 8.42 Å². The van der Waals surface area contributed by atoms with Crippen molar-refractivity contribution in [1.82, 2.24) is 14.9 Å². The van der Waals surface area contributed by atoms with Crippen LogP contribution in [0.15, 0.2) is 64.5 Å². The number of sulfonamides is 1. The van der Waals surface area contributed by atoms with E-state index in [9.17, 15) is 8.42 Å². The first-order chi connectivity index (χ1) is 11.9. The Morgan fingerprint density at radius 2 is 1.56 bits per heavy atom. The first-order valence-corrected chi connectivity index (χ1v) is 9.38. The first-order valence-electron chi connectivity index (χ1n) is 7.94. The number of nitrogens with zero attached hydrogens (tertiary/aromatic N) is 2. The quantitative estimate of drug-likeness (QED) is 0.609. The monoisotopic (exact) mass is 360 g/mol. The number of rotatable bonds is 6. The Morgan fingerprint density at radius 3 is 2.20 bits per heavy atom. The molecule has 0 amide bonds.